The molecule has 0 bridgehead atoms. The maximum Gasteiger partial charge on any atom is 0.352 e. The van der Waals surface area contributed by atoms with Crippen LogP contribution in [0.25, 0.3) is 0 Å². The number of esters is 1. The van der Waals surface area contributed by atoms with Gasteiger partial charge >= 0.3 is 11.9 Å². The zero-order chi connectivity index (χ0) is 24.2. The number of carboxylic acids is 1. The van der Waals surface area contributed by atoms with Crippen LogP contribution in [0.2, 0.25) is 0 Å². The lowest BCUT2D eigenvalue weighted by atomic mass is 9.92. The molecule has 2 aliphatic heterocycles. The van der Waals surface area contributed by atoms with Crippen LogP contribution in [0, 0.1) is 0 Å². The van der Waals surface area contributed by atoms with Crippen LogP contribution < -0.4 is 5.32 Å². The first kappa shape index (κ1) is 24.8. The molecule has 0 spiro atoms. The minimum absolute atomic E-state index is 0.148. The molecular formula is C21H28N4O7S. The number of carboxylic acid groups (broad SMARTS) is 1. The number of ether oxygens (including phenoxy) is 1. The zero-order valence-corrected chi connectivity index (χ0v) is 19.6. The monoisotopic (exact) mass is 480 g/mol. The number of aliphatic carboxylic acids is 1. The number of aromatic nitrogens is 1. The number of amides is 2. The van der Waals surface area contributed by atoms with E-state index in [1.165, 1.54) is 36.0 Å². The summed E-state index contributed by atoms with van der Waals surface area (Å²) in [5.41, 5.74) is -1.26. The molecule has 11 nitrogen and oxygen atoms in total. The highest BCUT2D eigenvalue weighted by atomic mass is 32.2. The molecule has 1 fully saturated rings. The second-order valence-corrected chi connectivity index (χ2v) is 8.85. The topological polar surface area (TPSA) is 142 Å². The molecule has 2 amide bonds. The number of rotatable bonds is 11. The van der Waals surface area contributed by atoms with Gasteiger partial charge in [-0.1, -0.05) is 13.8 Å². The lowest BCUT2D eigenvalue weighted by Crippen LogP contribution is -2.86. The molecule has 0 aliphatic carbocycles. The predicted molar refractivity (Wildman–Crippen MR) is 118 cm³/mol. The summed E-state index contributed by atoms with van der Waals surface area (Å²) in [5.74, 6) is -2.34. The summed E-state index contributed by atoms with van der Waals surface area (Å²) in [4.78, 5) is 56.9. The molecular weight excluding hydrogens is 452 g/mol. The summed E-state index contributed by atoms with van der Waals surface area (Å²) in [6.07, 6.45) is 4.12. The largest absolute Gasteiger partial charge is 0.477 e. The van der Waals surface area contributed by atoms with Crippen LogP contribution in [-0.4, -0.2) is 80.1 Å². The Hall–Kier alpha value is -2.86. The van der Waals surface area contributed by atoms with Crippen LogP contribution in [0.1, 0.15) is 39.5 Å². The van der Waals surface area contributed by atoms with Gasteiger partial charge in [-0.3, -0.25) is 24.2 Å². The number of β-lactam (4-membered cyclic amide) rings is 1. The quantitative estimate of drug-likeness (QED) is 0.267. The lowest BCUT2D eigenvalue weighted by Gasteiger charge is -2.60. The molecule has 180 valence electrons. The van der Waals surface area contributed by atoms with Gasteiger partial charge in [-0.15, -0.1) is 11.8 Å². The number of fused-ring (bicyclic) bond motifs is 1. The number of hydrogen-bond acceptors (Lipinski definition) is 9. The molecule has 3 heterocycles. The molecule has 2 N–H and O–H groups in total. The minimum Gasteiger partial charge on any atom is -0.477 e. The third-order valence-corrected chi connectivity index (χ3v) is 6.77. The smallest absolute Gasteiger partial charge is 0.352 e. The van der Waals surface area contributed by atoms with E-state index in [0.717, 1.165) is 12.8 Å². The highest BCUT2D eigenvalue weighted by Crippen LogP contribution is 2.48. The fraction of sp³-hybridized carbons (Fsp3) is 0.571. The van der Waals surface area contributed by atoms with Crippen molar-refractivity contribution in [1.29, 1.82) is 0 Å². The van der Waals surface area contributed by atoms with Gasteiger partial charge in [0, 0.05) is 31.3 Å². The Balaban J connectivity index is 1.96. The van der Waals surface area contributed by atoms with E-state index >= 15 is 0 Å². The van der Waals surface area contributed by atoms with E-state index in [2.05, 4.69) is 10.3 Å². The summed E-state index contributed by atoms with van der Waals surface area (Å²) >= 11 is 1.33. The lowest BCUT2D eigenvalue weighted by molar-refractivity contribution is -0.175. The number of carbonyl (C=O) groups excluding carboxylic acids is 3. The van der Waals surface area contributed by atoms with Crippen molar-refractivity contribution < 1.29 is 33.4 Å². The van der Waals surface area contributed by atoms with Crippen LogP contribution in [0.4, 0.5) is 0 Å². The SMILES string of the molecule is CCCN(CCC)[C@]1(NC(=O)Cc2ncco2)C(=O)N2C(C(=O)O)=C(COC(C)=O)CS[C@@H]21. The highest BCUT2D eigenvalue weighted by Gasteiger charge is 2.68. The molecule has 0 aromatic carbocycles. The summed E-state index contributed by atoms with van der Waals surface area (Å²) in [5, 5.41) is 12.1. The predicted octanol–water partition coefficient (Wildman–Crippen LogP) is 0.969. The van der Waals surface area contributed by atoms with Crippen LogP contribution in [0.5, 0.6) is 0 Å². The Morgan fingerprint density at radius 2 is 2.06 bits per heavy atom. The van der Waals surface area contributed by atoms with Gasteiger partial charge in [-0.25, -0.2) is 9.78 Å². The van der Waals surface area contributed by atoms with Gasteiger partial charge in [0.1, 0.15) is 30.4 Å². The molecule has 0 unspecified atom stereocenters. The number of thioether (sulfide) groups is 1. The average molecular weight is 481 g/mol. The van der Waals surface area contributed by atoms with Gasteiger partial charge < -0.3 is 19.6 Å². The van der Waals surface area contributed by atoms with E-state index < -0.39 is 34.8 Å². The Bertz CT molecular complexity index is 942. The number of nitrogens with one attached hydrogen (secondary N) is 1. The van der Waals surface area contributed by atoms with Crippen LogP contribution in [0.15, 0.2) is 28.1 Å². The summed E-state index contributed by atoms with van der Waals surface area (Å²) in [6.45, 7) is 6.04. The van der Waals surface area contributed by atoms with Crippen LogP contribution in [0.3, 0.4) is 0 Å². The molecule has 12 heteroatoms. The first-order valence-corrected chi connectivity index (χ1v) is 11.8. The second-order valence-electron chi connectivity index (χ2n) is 7.78. The Morgan fingerprint density at radius 1 is 1.36 bits per heavy atom. The minimum atomic E-state index is -1.39. The number of hydrogen-bond donors (Lipinski definition) is 2. The van der Waals surface area contributed by atoms with Gasteiger partial charge in [0.25, 0.3) is 5.91 Å². The van der Waals surface area contributed by atoms with Crippen molar-refractivity contribution in [3.05, 3.63) is 29.6 Å². The average Bonchev–Trinajstić information content (AvgIpc) is 3.27. The Labute approximate surface area is 195 Å². The van der Waals surface area contributed by atoms with Gasteiger partial charge in [0.05, 0.1) is 6.20 Å². The molecule has 2 atom stereocenters. The number of oxazole rings is 1. The van der Waals surface area contributed by atoms with E-state index in [1.54, 1.807) is 0 Å². The fourth-order valence-corrected chi connectivity index (χ4v) is 5.61. The number of carbonyl (C=O) groups is 4. The van der Waals surface area contributed by atoms with Crippen molar-refractivity contribution in [3.63, 3.8) is 0 Å². The van der Waals surface area contributed by atoms with Crippen molar-refractivity contribution in [1.82, 2.24) is 20.1 Å². The molecule has 33 heavy (non-hydrogen) atoms. The fourth-order valence-electron chi connectivity index (χ4n) is 4.13. The van der Waals surface area contributed by atoms with E-state index in [0.29, 0.717) is 18.7 Å². The van der Waals surface area contributed by atoms with Gasteiger partial charge in [-0.05, 0) is 12.8 Å². The maximum atomic E-state index is 13.7. The van der Waals surface area contributed by atoms with E-state index in [-0.39, 0.29) is 30.4 Å². The molecule has 0 saturated carbocycles. The van der Waals surface area contributed by atoms with Crippen molar-refractivity contribution in [2.24, 2.45) is 0 Å². The Kier molecular flexibility index (Phi) is 7.80. The molecule has 1 aromatic heterocycles. The first-order valence-electron chi connectivity index (χ1n) is 10.7. The van der Waals surface area contributed by atoms with Crippen LogP contribution in [-0.2, 0) is 30.3 Å². The van der Waals surface area contributed by atoms with Gasteiger partial charge in [0.2, 0.25) is 17.5 Å². The molecule has 3 rings (SSSR count). The summed E-state index contributed by atoms with van der Waals surface area (Å²) < 4.78 is 10.2. The van der Waals surface area contributed by atoms with E-state index in [9.17, 15) is 24.3 Å². The first-order chi connectivity index (χ1) is 15.8. The van der Waals surface area contributed by atoms with Gasteiger partial charge in [0.15, 0.2) is 0 Å². The van der Waals surface area contributed by atoms with Gasteiger partial charge in [-0.2, -0.15) is 0 Å². The van der Waals surface area contributed by atoms with Crippen LogP contribution >= 0.6 is 11.8 Å². The third kappa shape index (κ3) is 4.76. The normalized spacial score (nSPS) is 22.1. The standard InChI is InChI=1S/C21H28N4O7S/c1-4-7-24(8-5-2)21(23-15(27)10-16-22-6-9-31-16)19(30)25-17(18(28)29)14(11-32-13(3)26)12-33-20(21)25/h6,9,20H,4-5,7-8,10-12H2,1-3H3,(H,23,27)(H,28,29)/t20-,21-/m1/s1. The molecule has 2 aliphatic rings. The van der Waals surface area contributed by atoms with E-state index in [4.69, 9.17) is 9.15 Å². The zero-order valence-electron chi connectivity index (χ0n) is 18.8. The van der Waals surface area contributed by atoms with Crippen molar-refractivity contribution in [2.75, 3.05) is 25.4 Å². The molecule has 0 radical (unpaired) electrons. The third-order valence-electron chi connectivity index (χ3n) is 5.39. The maximum absolute atomic E-state index is 13.7. The Morgan fingerprint density at radius 3 is 2.61 bits per heavy atom. The highest BCUT2D eigenvalue weighted by molar-refractivity contribution is 8.00. The number of nitrogens with zero attached hydrogens (tertiary/aromatic N) is 3. The van der Waals surface area contributed by atoms with Crippen molar-refractivity contribution in [2.45, 2.75) is 51.1 Å². The summed E-state index contributed by atoms with van der Waals surface area (Å²) in [7, 11) is 0. The molecule has 1 saturated heterocycles. The van der Waals surface area contributed by atoms with E-state index in [1.807, 2.05) is 18.7 Å². The molecule has 1 aromatic rings. The van der Waals surface area contributed by atoms with Crippen molar-refractivity contribution >= 4 is 35.5 Å². The van der Waals surface area contributed by atoms with Crippen molar-refractivity contribution in [3.8, 4) is 0 Å². The summed E-state index contributed by atoms with van der Waals surface area (Å²) in [6, 6.07) is 0. The second kappa shape index (κ2) is 10.4.